The maximum atomic E-state index is 13.0. The Morgan fingerprint density at radius 3 is 2.66 bits per heavy atom. The van der Waals surface area contributed by atoms with Gasteiger partial charge in [0.2, 0.25) is 0 Å². The average Bonchev–Trinajstić information content (AvgIpc) is 3.39. The van der Waals surface area contributed by atoms with E-state index in [0.717, 1.165) is 6.07 Å². The molecule has 1 aromatic carbocycles. The van der Waals surface area contributed by atoms with Crippen LogP contribution in [0.1, 0.15) is 5.56 Å². The van der Waals surface area contributed by atoms with Crippen LogP contribution in [0.4, 0.5) is 28.7 Å². The van der Waals surface area contributed by atoms with Crippen molar-refractivity contribution in [1.82, 2.24) is 10.2 Å². The molecule has 2 amide bonds. The van der Waals surface area contributed by atoms with Crippen molar-refractivity contribution in [2.24, 2.45) is 0 Å². The Hall–Kier alpha value is -2.34. The lowest BCUT2D eigenvalue weighted by Crippen LogP contribution is -2.51. The number of alkyl halides is 3. The second kappa shape index (κ2) is 9.65. The monoisotopic (exact) mass is 470 g/mol. The van der Waals surface area contributed by atoms with Crippen molar-refractivity contribution >= 4 is 28.1 Å². The number of rotatable bonds is 5. The molecule has 7 nitrogen and oxygen atoms in total. The summed E-state index contributed by atoms with van der Waals surface area (Å²) in [6.07, 6.45) is -5.65. The number of halogens is 3. The molecular formula is C21H25F3N4O3S. The largest absolute Gasteiger partial charge is 0.416 e. The van der Waals surface area contributed by atoms with Crippen LogP contribution in [0.25, 0.3) is 0 Å². The smallest absolute Gasteiger partial charge is 0.388 e. The Bertz CT molecular complexity index is 904. The SMILES string of the molecule is O=C(Nc1cccs1)N[C@H]1CO[C@@H](CN2CCN(c3cccc(C(F)(F)F)c3)CC2)[C@@H]1O. The average molecular weight is 471 g/mol. The van der Waals surface area contributed by atoms with Gasteiger partial charge in [0.05, 0.1) is 29.3 Å². The number of aliphatic hydroxyl groups excluding tert-OH is 1. The zero-order valence-electron chi connectivity index (χ0n) is 17.2. The van der Waals surface area contributed by atoms with Crippen LogP contribution in [0.3, 0.4) is 0 Å². The zero-order chi connectivity index (χ0) is 22.7. The Balaban J connectivity index is 1.24. The third kappa shape index (κ3) is 5.52. The third-order valence-electron chi connectivity index (χ3n) is 5.71. The minimum absolute atomic E-state index is 0.216. The van der Waals surface area contributed by atoms with Crippen LogP contribution in [0.2, 0.25) is 0 Å². The highest BCUT2D eigenvalue weighted by atomic mass is 32.1. The Labute approximate surface area is 187 Å². The molecule has 3 atom stereocenters. The Morgan fingerprint density at radius 2 is 1.97 bits per heavy atom. The lowest BCUT2D eigenvalue weighted by Gasteiger charge is -2.37. The van der Waals surface area contributed by atoms with Crippen LogP contribution in [0.5, 0.6) is 0 Å². The van der Waals surface area contributed by atoms with Gasteiger partial charge in [-0.15, -0.1) is 11.3 Å². The molecule has 174 valence electrons. The first-order valence-electron chi connectivity index (χ1n) is 10.3. The van der Waals surface area contributed by atoms with Crippen LogP contribution >= 0.6 is 11.3 Å². The van der Waals surface area contributed by atoms with Crippen molar-refractivity contribution in [1.29, 1.82) is 0 Å². The summed E-state index contributed by atoms with van der Waals surface area (Å²) in [5.74, 6) is 0. The van der Waals surface area contributed by atoms with Gasteiger partial charge in [0.25, 0.3) is 0 Å². The number of hydrogen-bond donors (Lipinski definition) is 3. The first-order chi connectivity index (χ1) is 15.3. The van der Waals surface area contributed by atoms with Crippen molar-refractivity contribution in [3.8, 4) is 0 Å². The summed E-state index contributed by atoms with van der Waals surface area (Å²) < 4.78 is 44.6. The highest BCUT2D eigenvalue weighted by Crippen LogP contribution is 2.32. The molecule has 0 unspecified atom stereocenters. The molecule has 11 heteroatoms. The maximum absolute atomic E-state index is 13.0. The summed E-state index contributed by atoms with van der Waals surface area (Å²) in [4.78, 5) is 16.1. The number of hydrogen-bond acceptors (Lipinski definition) is 6. The first kappa shape index (κ1) is 22.8. The van der Waals surface area contributed by atoms with Gasteiger partial charge in [-0.2, -0.15) is 13.2 Å². The number of carbonyl (C=O) groups excluding carboxylic acids is 1. The Morgan fingerprint density at radius 1 is 1.19 bits per heavy atom. The van der Waals surface area contributed by atoms with Gasteiger partial charge in [0, 0.05) is 38.4 Å². The van der Waals surface area contributed by atoms with Gasteiger partial charge in [0.1, 0.15) is 6.10 Å². The normalized spacial score (nSPS) is 24.5. The molecule has 4 rings (SSSR count). The molecule has 1 aromatic heterocycles. The van der Waals surface area contributed by atoms with Crippen molar-refractivity contribution in [3.05, 3.63) is 47.3 Å². The number of anilines is 2. The summed E-state index contributed by atoms with van der Waals surface area (Å²) in [6.45, 7) is 3.14. The highest BCUT2D eigenvalue weighted by Gasteiger charge is 2.38. The molecule has 0 saturated carbocycles. The third-order valence-corrected chi connectivity index (χ3v) is 6.49. The van der Waals surface area contributed by atoms with Crippen molar-refractivity contribution < 1.29 is 27.8 Å². The van der Waals surface area contributed by atoms with Gasteiger partial charge in [-0.25, -0.2) is 4.79 Å². The minimum atomic E-state index is -4.36. The lowest BCUT2D eigenvalue weighted by molar-refractivity contribution is -0.137. The first-order valence-corrected chi connectivity index (χ1v) is 11.2. The molecule has 0 bridgehead atoms. The molecule has 0 spiro atoms. The summed E-state index contributed by atoms with van der Waals surface area (Å²) in [7, 11) is 0. The minimum Gasteiger partial charge on any atom is -0.388 e. The summed E-state index contributed by atoms with van der Waals surface area (Å²) in [6, 6.07) is 8.08. The van der Waals surface area contributed by atoms with E-state index < -0.39 is 36.0 Å². The molecule has 3 heterocycles. The molecule has 2 aromatic rings. The zero-order valence-corrected chi connectivity index (χ0v) is 18.0. The van der Waals surface area contributed by atoms with Crippen molar-refractivity contribution in [2.75, 3.05) is 49.5 Å². The van der Waals surface area contributed by atoms with Crippen molar-refractivity contribution in [3.63, 3.8) is 0 Å². The number of ether oxygens (including phenoxy) is 1. The summed E-state index contributed by atoms with van der Waals surface area (Å²) in [5.41, 5.74) is -0.0980. The number of benzene rings is 1. The number of nitrogens with one attached hydrogen (secondary N) is 2. The van der Waals surface area contributed by atoms with Gasteiger partial charge in [-0.1, -0.05) is 6.07 Å². The van der Waals surface area contributed by atoms with E-state index in [1.807, 2.05) is 16.3 Å². The van der Waals surface area contributed by atoms with E-state index in [-0.39, 0.29) is 6.61 Å². The van der Waals surface area contributed by atoms with Crippen LogP contribution in [-0.4, -0.2) is 73.6 Å². The molecule has 2 saturated heterocycles. The number of amides is 2. The predicted molar refractivity (Wildman–Crippen MR) is 116 cm³/mol. The van der Waals surface area contributed by atoms with Gasteiger partial charge in [-0.05, 0) is 35.7 Å². The van der Waals surface area contributed by atoms with Gasteiger partial charge in [-0.3, -0.25) is 10.2 Å². The molecule has 0 radical (unpaired) electrons. The topological polar surface area (TPSA) is 77.1 Å². The number of carbonyl (C=O) groups is 1. The predicted octanol–water partition coefficient (Wildman–Crippen LogP) is 2.84. The van der Waals surface area contributed by atoms with Gasteiger partial charge >= 0.3 is 12.2 Å². The highest BCUT2D eigenvalue weighted by molar-refractivity contribution is 7.14. The number of piperazine rings is 1. The van der Waals surface area contributed by atoms with E-state index in [1.54, 1.807) is 12.1 Å². The van der Waals surface area contributed by atoms with E-state index in [9.17, 15) is 23.1 Å². The van der Waals surface area contributed by atoms with Crippen LogP contribution in [0.15, 0.2) is 41.8 Å². The maximum Gasteiger partial charge on any atom is 0.416 e. The van der Waals surface area contributed by atoms with E-state index in [4.69, 9.17) is 4.74 Å². The van der Waals surface area contributed by atoms with Crippen LogP contribution in [-0.2, 0) is 10.9 Å². The quantitative estimate of drug-likeness (QED) is 0.627. The molecule has 3 N–H and O–H groups in total. The fraction of sp³-hybridized carbons (Fsp3) is 0.476. The summed E-state index contributed by atoms with van der Waals surface area (Å²) >= 11 is 1.40. The molecule has 2 aliphatic heterocycles. The van der Waals surface area contributed by atoms with Crippen LogP contribution < -0.4 is 15.5 Å². The number of nitrogens with zero attached hydrogens (tertiary/aromatic N) is 2. The van der Waals surface area contributed by atoms with Gasteiger partial charge < -0.3 is 20.1 Å². The van der Waals surface area contributed by atoms with E-state index >= 15 is 0 Å². The fourth-order valence-electron chi connectivity index (χ4n) is 3.96. The standard InChI is InChI=1S/C21H25F3N4O3S/c22-21(23,24)14-3-1-4-15(11-14)28-8-6-27(7-9-28)12-17-19(29)16(13-31-17)25-20(30)26-18-5-2-10-32-18/h1-5,10-11,16-17,19,29H,6-9,12-13H2,(H2,25,26,30)/t16-,17-,19+/m0/s1. The van der Waals surface area contributed by atoms with Crippen molar-refractivity contribution in [2.45, 2.75) is 24.4 Å². The molecule has 0 aliphatic carbocycles. The lowest BCUT2D eigenvalue weighted by atomic mass is 10.1. The second-order valence-electron chi connectivity index (χ2n) is 7.88. The van der Waals surface area contributed by atoms with E-state index in [1.165, 1.54) is 23.5 Å². The molecular weight excluding hydrogens is 445 g/mol. The number of urea groups is 1. The van der Waals surface area contributed by atoms with Gasteiger partial charge in [0.15, 0.2) is 0 Å². The number of aliphatic hydroxyl groups is 1. The molecule has 2 fully saturated rings. The second-order valence-corrected chi connectivity index (χ2v) is 8.83. The van der Waals surface area contributed by atoms with Crippen LogP contribution in [0, 0.1) is 0 Å². The Kier molecular flexibility index (Phi) is 6.89. The fourth-order valence-corrected chi connectivity index (χ4v) is 4.57. The number of thiophene rings is 1. The summed E-state index contributed by atoms with van der Waals surface area (Å²) in [5, 5.41) is 18.6. The molecule has 2 aliphatic rings. The molecule has 32 heavy (non-hydrogen) atoms. The van der Waals surface area contributed by atoms with E-state index in [0.29, 0.717) is 43.4 Å². The van der Waals surface area contributed by atoms with E-state index in [2.05, 4.69) is 15.5 Å².